The maximum Gasteiger partial charge on any atom is -1.00 e. The Morgan fingerprint density at radius 2 is 1.00 bits per heavy atom. The summed E-state index contributed by atoms with van der Waals surface area (Å²) >= 11 is -0.0443. The zero-order valence-corrected chi connectivity index (χ0v) is 13.5. The van der Waals surface area contributed by atoms with Crippen molar-refractivity contribution in [1.82, 2.24) is 0 Å². The monoisotopic (exact) mass is 264 g/mol. The smallest absolute Gasteiger partial charge is 1.00 e. The summed E-state index contributed by atoms with van der Waals surface area (Å²) in [6.07, 6.45) is 2.51. The van der Waals surface area contributed by atoms with Crippen LogP contribution in [0.15, 0.2) is 41.2 Å². The average molecular weight is 264 g/mol. The molecule has 0 N–H and O–H groups in total. The van der Waals surface area contributed by atoms with Gasteiger partial charge in [0.2, 0.25) is 0 Å². The van der Waals surface area contributed by atoms with Gasteiger partial charge in [0.15, 0.2) is 0 Å². The number of hydrogen-bond acceptors (Lipinski definition) is 0. The second-order valence-corrected chi connectivity index (χ2v) is 7.77. The molecule has 0 saturated carbocycles. The van der Waals surface area contributed by atoms with Gasteiger partial charge in [-0.25, -0.2) is 0 Å². The van der Waals surface area contributed by atoms with Gasteiger partial charge in [0.05, 0.1) is 0 Å². The molecule has 94 valence electrons. The van der Waals surface area contributed by atoms with E-state index >= 15 is 0 Å². The Bertz CT molecular complexity index is 459. The van der Waals surface area contributed by atoms with Crippen molar-refractivity contribution in [2.24, 2.45) is 0 Å². The molecule has 0 unspecified atom stereocenters. The summed E-state index contributed by atoms with van der Waals surface area (Å²) in [6, 6.07) is 0. The molecule has 0 aliphatic heterocycles. The van der Waals surface area contributed by atoms with Crippen molar-refractivity contribution in [2.45, 2.75) is 54.4 Å². The van der Waals surface area contributed by atoms with Gasteiger partial charge in [-0.3, -0.25) is 0 Å². The normalized spacial score (nSPS) is 21.3. The molecule has 2 aliphatic rings. The van der Waals surface area contributed by atoms with Crippen LogP contribution < -0.4 is 0 Å². The largest absolute Gasteiger partial charge is 1.00 e. The van der Waals surface area contributed by atoms with E-state index in [2.05, 4.69) is 41.5 Å². The van der Waals surface area contributed by atoms with Crippen LogP contribution in [-0.4, -0.2) is 0 Å². The molecule has 2 rings (SSSR count). The summed E-state index contributed by atoms with van der Waals surface area (Å²) in [5, 5.41) is 0. The summed E-state index contributed by atoms with van der Waals surface area (Å²) in [4.78, 5) is 0. The molecule has 0 radical (unpaired) electrons. The van der Waals surface area contributed by atoms with Crippen LogP contribution in [0.25, 0.3) is 0 Å². The quantitative estimate of drug-likeness (QED) is 0.592. The fraction of sp³-hybridized carbons (Fsp3) is 0.500. The zero-order chi connectivity index (χ0) is 12.7. The van der Waals surface area contributed by atoms with E-state index in [-0.39, 0.29) is 22.0 Å². The molecule has 0 aromatic rings. The van der Waals surface area contributed by atoms with E-state index in [0.29, 0.717) is 0 Å². The molecule has 0 fully saturated rings. The molecule has 1 heteroatoms. The van der Waals surface area contributed by atoms with E-state index in [4.69, 9.17) is 0 Å². The van der Waals surface area contributed by atoms with E-state index < -0.39 is 0 Å². The van der Waals surface area contributed by atoms with Crippen molar-refractivity contribution in [3.63, 3.8) is 0 Å². The van der Waals surface area contributed by atoms with Gasteiger partial charge in [0.1, 0.15) is 0 Å². The molecule has 17 heavy (non-hydrogen) atoms. The van der Waals surface area contributed by atoms with Gasteiger partial charge in [-0.2, -0.15) is 0 Å². The molecule has 0 nitrogen and oxygen atoms in total. The molecule has 0 aromatic heterocycles. The minimum atomic E-state index is -0.0443. The number of allylic oxidation sites excluding steroid dienone is 8. The molecule has 0 spiro atoms. The van der Waals surface area contributed by atoms with Gasteiger partial charge in [-0.15, -0.1) is 0 Å². The predicted octanol–water partition coefficient (Wildman–Crippen LogP) is 5.32. The Kier molecular flexibility index (Phi) is 3.66. The fourth-order valence-corrected chi connectivity index (χ4v) is 5.46. The third kappa shape index (κ3) is 2.30. The fourth-order valence-electron chi connectivity index (χ4n) is 2.61. The third-order valence-electron chi connectivity index (χ3n) is 4.50. The van der Waals surface area contributed by atoms with Crippen molar-refractivity contribution in [3.8, 4) is 0 Å². The van der Waals surface area contributed by atoms with Crippen LogP contribution in [0.5, 0.6) is 0 Å². The Morgan fingerprint density at radius 3 is 1.24 bits per heavy atom. The van der Waals surface area contributed by atoms with Crippen molar-refractivity contribution in [1.29, 1.82) is 0 Å². The summed E-state index contributed by atoms with van der Waals surface area (Å²) in [5.74, 6) is 0. The third-order valence-corrected chi connectivity index (χ3v) is 7.16. The Hall–Kier alpha value is -0.326. The molecule has 0 amide bonds. The zero-order valence-electron chi connectivity index (χ0n) is 13.9. The number of rotatable bonds is 2. The summed E-state index contributed by atoms with van der Waals surface area (Å²) in [7, 11) is 0. The van der Waals surface area contributed by atoms with Crippen LogP contribution in [0.4, 0.5) is 0 Å². The van der Waals surface area contributed by atoms with E-state index in [1.807, 2.05) is 0 Å². The van der Waals surface area contributed by atoms with Crippen LogP contribution >= 0.6 is 0 Å². The van der Waals surface area contributed by atoms with Crippen LogP contribution in [0.2, 0.25) is 0 Å². The Balaban J connectivity index is 0.00000162. The summed E-state index contributed by atoms with van der Waals surface area (Å²) in [6.45, 7) is 13.8. The van der Waals surface area contributed by atoms with Gasteiger partial charge < -0.3 is 2.85 Å². The maximum absolute atomic E-state index is 2.32. The average Bonchev–Trinajstić information content (AvgIpc) is 2.66. The van der Waals surface area contributed by atoms with Crippen LogP contribution in [0, 0.1) is 0 Å². The number of hydrogen-bond donors (Lipinski definition) is 0. The van der Waals surface area contributed by atoms with Gasteiger partial charge in [0, 0.05) is 0 Å². The molecule has 0 aromatic carbocycles. The van der Waals surface area contributed by atoms with Gasteiger partial charge in [-0.1, -0.05) is 0 Å². The van der Waals surface area contributed by atoms with Crippen LogP contribution in [0.3, 0.4) is 0 Å². The van der Waals surface area contributed by atoms with Crippen molar-refractivity contribution < 1.29 is 22.0 Å². The topological polar surface area (TPSA) is 0 Å². The van der Waals surface area contributed by atoms with Crippen molar-refractivity contribution in [3.05, 3.63) is 41.2 Å². The van der Waals surface area contributed by atoms with E-state index in [9.17, 15) is 0 Å². The van der Waals surface area contributed by atoms with Gasteiger partial charge in [0.25, 0.3) is 0 Å². The first-order valence-electron chi connectivity index (χ1n) is 6.41. The second-order valence-electron chi connectivity index (χ2n) is 5.50. The van der Waals surface area contributed by atoms with E-state index in [1.165, 1.54) is 12.8 Å². The Labute approximate surface area is 117 Å². The first-order valence-corrected chi connectivity index (χ1v) is 7.98. The first-order chi connectivity index (χ1) is 7.91. The summed E-state index contributed by atoms with van der Waals surface area (Å²) in [5.41, 5.74) is 9.51. The second kappa shape index (κ2) is 4.74. The van der Waals surface area contributed by atoms with E-state index in [0.717, 1.165) is 0 Å². The Morgan fingerprint density at radius 1 is 0.647 bits per heavy atom. The summed E-state index contributed by atoms with van der Waals surface area (Å²) < 4.78 is 3.55. The molecule has 0 heterocycles. The van der Waals surface area contributed by atoms with Gasteiger partial charge in [-0.05, 0) is 0 Å². The SMILES string of the molecule is CC1=C(C)C(C)=[C]([Ti][C]2=C(C)C(C)=C(C)C2)C1.[H-].[H-]. The minimum Gasteiger partial charge on any atom is -1.00 e. The molecular formula is C16H24Ti-2. The molecule has 2 aliphatic carbocycles. The minimum absolute atomic E-state index is 0. The molecular weight excluding hydrogens is 240 g/mol. The van der Waals surface area contributed by atoms with E-state index in [1.54, 1.807) is 41.2 Å². The first kappa shape index (κ1) is 13.1. The van der Waals surface area contributed by atoms with Gasteiger partial charge >= 0.3 is 115 Å². The van der Waals surface area contributed by atoms with Crippen LogP contribution in [0.1, 0.15) is 57.2 Å². The van der Waals surface area contributed by atoms with Crippen LogP contribution in [-0.2, 0) is 19.2 Å². The molecule has 0 atom stereocenters. The van der Waals surface area contributed by atoms with Crippen molar-refractivity contribution >= 4 is 0 Å². The molecule has 0 saturated heterocycles. The molecule has 0 bridgehead atoms. The predicted molar refractivity (Wildman–Crippen MR) is 73.6 cm³/mol. The van der Waals surface area contributed by atoms with Crippen molar-refractivity contribution in [2.75, 3.05) is 0 Å². The maximum atomic E-state index is 2.32. The standard InChI is InChI=1S/2C8H11.Ti.2H/c2*1-6-4-5-7(2)8(6)3;;;/h2*4H2,1-3H3;;;/q;;;2*-1.